The molecular weight excluding hydrogens is 168 g/mol. The van der Waals surface area contributed by atoms with E-state index in [-0.39, 0.29) is 0 Å². The van der Waals surface area contributed by atoms with Gasteiger partial charge in [-0.25, -0.2) is 4.98 Å². The van der Waals surface area contributed by atoms with Gasteiger partial charge in [-0.05, 0) is 23.9 Å². The van der Waals surface area contributed by atoms with Crippen molar-refractivity contribution in [3.05, 3.63) is 11.3 Å². The molecule has 0 aliphatic heterocycles. The van der Waals surface area contributed by atoms with Crippen LogP contribution in [0.4, 0.5) is 0 Å². The van der Waals surface area contributed by atoms with Crippen molar-refractivity contribution in [2.24, 2.45) is 5.92 Å². The molecule has 0 bridgehead atoms. The molecule has 2 nitrogen and oxygen atoms in total. The summed E-state index contributed by atoms with van der Waals surface area (Å²) in [5.41, 5.74) is 0. The first-order valence-electron chi connectivity index (χ1n) is 4.64. The van der Waals surface area contributed by atoms with Crippen LogP contribution in [0.5, 0.6) is 0 Å². The van der Waals surface area contributed by atoms with Crippen molar-refractivity contribution in [3.8, 4) is 0 Å². The molecule has 2 atom stereocenters. The highest BCUT2D eigenvalue weighted by atomic mass is 32.1. The molecule has 12 heavy (non-hydrogen) atoms. The third kappa shape index (κ3) is 1.51. The van der Waals surface area contributed by atoms with Crippen LogP contribution < -0.4 is 0 Å². The van der Waals surface area contributed by atoms with E-state index in [0.717, 1.165) is 5.92 Å². The molecule has 0 amide bonds. The van der Waals surface area contributed by atoms with Gasteiger partial charge in [-0.3, -0.25) is 0 Å². The van der Waals surface area contributed by atoms with Gasteiger partial charge in [0.25, 0.3) is 0 Å². The first-order valence-corrected chi connectivity index (χ1v) is 5.42. The lowest BCUT2D eigenvalue weighted by Gasteiger charge is -2.26. The Morgan fingerprint density at radius 3 is 2.92 bits per heavy atom. The van der Waals surface area contributed by atoms with Gasteiger partial charge in [-0.1, -0.05) is 26.2 Å². The smallest absolute Gasteiger partial charge is 0.129 e. The minimum Gasteiger partial charge on any atom is -0.228 e. The summed E-state index contributed by atoms with van der Waals surface area (Å²) in [4.78, 5) is 4.30. The molecule has 2 rings (SSSR count). The summed E-state index contributed by atoms with van der Waals surface area (Å²) in [5.74, 6) is 1.51. The highest BCUT2D eigenvalue weighted by Gasteiger charge is 2.24. The molecule has 1 saturated carbocycles. The van der Waals surface area contributed by atoms with Crippen LogP contribution in [0.3, 0.4) is 0 Å². The molecule has 2 unspecified atom stereocenters. The fourth-order valence-electron chi connectivity index (χ4n) is 2.03. The van der Waals surface area contributed by atoms with Crippen LogP contribution in [0.1, 0.15) is 43.5 Å². The van der Waals surface area contributed by atoms with Crippen molar-refractivity contribution in [1.29, 1.82) is 0 Å². The molecule has 0 radical (unpaired) electrons. The quantitative estimate of drug-likeness (QED) is 0.667. The van der Waals surface area contributed by atoms with E-state index in [1.807, 2.05) is 0 Å². The number of nitrogens with zero attached hydrogens (tertiary/aromatic N) is 2. The van der Waals surface area contributed by atoms with Gasteiger partial charge in [0.15, 0.2) is 0 Å². The Balaban J connectivity index is 2.11. The van der Waals surface area contributed by atoms with Crippen molar-refractivity contribution in [1.82, 2.24) is 9.36 Å². The Labute approximate surface area is 77.2 Å². The van der Waals surface area contributed by atoms with Gasteiger partial charge < -0.3 is 0 Å². The Morgan fingerprint density at radius 1 is 1.42 bits per heavy atom. The number of hydrogen-bond acceptors (Lipinski definition) is 3. The fourth-order valence-corrected chi connectivity index (χ4v) is 2.81. The zero-order valence-electron chi connectivity index (χ0n) is 7.36. The summed E-state index contributed by atoms with van der Waals surface area (Å²) >= 11 is 1.57. The second kappa shape index (κ2) is 3.52. The molecule has 1 fully saturated rings. The van der Waals surface area contributed by atoms with Gasteiger partial charge in [-0.15, -0.1) is 0 Å². The Bertz CT molecular complexity index is 233. The van der Waals surface area contributed by atoms with Crippen LogP contribution in [-0.2, 0) is 0 Å². The van der Waals surface area contributed by atoms with E-state index < -0.39 is 0 Å². The first kappa shape index (κ1) is 8.17. The molecule has 1 aliphatic carbocycles. The first-order chi connectivity index (χ1) is 5.88. The SMILES string of the molecule is CC1CCCCC1c1ncns1. The summed E-state index contributed by atoms with van der Waals surface area (Å²) in [6.07, 6.45) is 7.13. The zero-order valence-corrected chi connectivity index (χ0v) is 8.18. The normalized spacial score (nSPS) is 30.4. The van der Waals surface area contributed by atoms with Crippen molar-refractivity contribution in [3.63, 3.8) is 0 Å². The van der Waals surface area contributed by atoms with Crippen LogP contribution in [0.15, 0.2) is 6.33 Å². The minimum absolute atomic E-state index is 0.700. The van der Waals surface area contributed by atoms with E-state index >= 15 is 0 Å². The predicted molar refractivity (Wildman–Crippen MR) is 50.3 cm³/mol. The monoisotopic (exact) mass is 182 g/mol. The third-order valence-corrected chi connectivity index (χ3v) is 3.60. The molecule has 0 spiro atoms. The van der Waals surface area contributed by atoms with E-state index in [9.17, 15) is 0 Å². The van der Waals surface area contributed by atoms with Crippen LogP contribution in [0.2, 0.25) is 0 Å². The lowest BCUT2D eigenvalue weighted by atomic mass is 9.81. The summed E-state index contributed by atoms with van der Waals surface area (Å²) in [7, 11) is 0. The second-order valence-electron chi connectivity index (χ2n) is 3.65. The topological polar surface area (TPSA) is 25.8 Å². The van der Waals surface area contributed by atoms with E-state index in [2.05, 4.69) is 16.3 Å². The van der Waals surface area contributed by atoms with Crippen LogP contribution in [0.25, 0.3) is 0 Å². The highest BCUT2D eigenvalue weighted by molar-refractivity contribution is 7.05. The predicted octanol–water partition coefficient (Wildman–Crippen LogP) is 2.83. The third-order valence-electron chi connectivity index (χ3n) is 2.81. The van der Waals surface area contributed by atoms with E-state index in [1.54, 1.807) is 17.9 Å². The van der Waals surface area contributed by atoms with Crippen LogP contribution in [0, 0.1) is 5.92 Å². The van der Waals surface area contributed by atoms with Gasteiger partial charge >= 0.3 is 0 Å². The van der Waals surface area contributed by atoms with Gasteiger partial charge in [0, 0.05) is 5.92 Å². The summed E-state index contributed by atoms with van der Waals surface area (Å²) in [6, 6.07) is 0. The minimum atomic E-state index is 0.700. The standard InChI is InChI=1S/C9H14N2S/c1-7-4-2-3-5-8(7)9-10-6-11-12-9/h6-8H,2-5H2,1H3. The van der Waals surface area contributed by atoms with Crippen LogP contribution in [-0.4, -0.2) is 9.36 Å². The number of aromatic nitrogens is 2. The molecule has 1 aromatic heterocycles. The Morgan fingerprint density at radius 2 is 2.25 bits per heavy atom. The maximum atomic E-state index is 4.30. The van der Waals surface area contributed by atoms with Crippen molar-refractivity contribution < 1.29 is 0 Å². The molecule has 66 valence electrons. The average Bonchev–Trinajstić information content (AvgIpc) is 2.57. The average molecular weight is 182 g/mol. The summed E-state index contributed by atoms with van der Waals surface area (Å²) < 4.78 is 4.06. The molecule has 3 heteroatoms. The van der Waals surface area contributed by atoms with E-state index in [0.29, 0.717) is 5.92 Å². The fraction of sp³-hybridized carbons (Fsp3) is 0.778. The van der Waals surface area contributed by atoms with Crippen LogP contribution >= 0.6 is 11.5 Å². The maximum Gasteiger partial charge on any atom is 0.129 e. The van der Waals surface area contributed by atoms with Gasteiger partial charge in [0.05, 0.1) is 0 Å². The molecule has 0 saturated heterocycles. The molecule has 0 aromatic carbocycles. The van der Waals surface area contributed by atoms with Crippen molar-refractivity contribution >= 4 is 11.5 Å². The van der Waals surface area contributed by atoms with Crippen molar-refractivity contribution in [2.45, 2.75) is 38.5 Å². The van der Waals surface area contributed by atoms with Gasteiger partial charge in [0.2, 0.25) is 0 Å². The van der Waals surface area contributed by atoms with E-state index in [4.69, 9.17) is 0 Å². The maximum absolute atomic E-state index is 4.30. The number of rotatable bonds is 1. The molecule has 1 heterocycles. The summed E-state index contributed by atoms with van der Waals surface area (Å²) in [5, 5.41) is 1.25. The van der Waals surface area contributed by atoms with Gasteiger partial charge in [0.1, 0.15) is 11.3 Å². The van der Waals surface area contributed by atoms with Gasteiger partial charge in [-0.2, -0.15) is 4.37 Å². The lowest BCUT2D eigenvalue weighted by molar-refractivity contribution is 0.330. The molecule has 1 aliphatic rings. The molecule has 0 N–H and O–H groups in total. The second-order valence-corrected chi connectivity index (χ2v) is 4.46. The molecular formula is C9H14N2S. The summed E-state index contributed by atoms with van der Waals surface area (Å²) in [6.45, 7) is 2.34. The van der Waals surface area contributed by atoms with E-state index in [1.165, 1.54) is 30.7 Å². The highest BCUT2D eigenvalue weighted by Crippen LogP contribution is 2.37. The largest absolute Gasteiger partial charge is 0.228 e. The van der Waals surface area contributed by atoms with Crippen molar-refractivity contribution in [2.75, 3.05) is 0 Å². The Kier molecular flexibility index (Phi) is 2.40. The Hall–Kier alpha value is -0.440. The lowest BCUT2D eigenvalue weighted by Crippen LogP contribution is -2.14. The number of hydrogen-bond donors (Lipinski definition) is 0. The zero-order chi connectivity index (χ0) is 8.39. The molecule has 1 aromatic rings.